The number of hydrazone groups is 1. The topological polar surface area (TPSA) is 64.1 Å². The lowest BCUT2D eigenvalue weighted by atomic mass is 9.96. The lowest BCUT2D eigenvalue weighted by Crippen LogP contribution is -2.40. The van der Waals surface area contributed by atoms with Crippen LogP contribution in [0.25, 0.3) is 0 Å². The second-order valence-corrected chi connectivity index (χ2v) is 6.69. The van der Waals surface area contributed by atoms with E-state index in [2.05, 4.69) is 22.8 Å². The Labute approximate surface area is 161 Å². The molecular formula is C19H29N3O3S. The van der Waals surface area contributed by atoms with Crippen molar-refractivity contribution in [1.82, 2.24) is 10.7 Å². The summed E-state index contributed by atoms with van der Waals surface area (Å²) in [6, 6.07) is 4.17. The fraction of sp³-hybridized carbons (Fsp3) is 0.579. The summed E-state index contributed by atoms with van der Waals surface area (Å²) in [4.78, 5) is 0. The molecule has 0 aromatic heterocycles. The molecule has 2 rings (SSSR count). The molecule has 0 atom stereocenters. The Morgan fingerprint density at radius 2 is 1.85 bits per heavy atom. The van der Waals surface area contributed by atoms with Gasteiger partial charge in [-0.25, -0.2) is 0 Å². The fourth-order valence-electron chi connectivity index (χ4n) is 2.95. The molecule has 0 heterocycles. The average Bonchev–Trinajstić information content (AvgIpc) is 2.66. The summed E-state index contributed by atoms with van der Waals surface area (Å²) in [5, 5.41) is 8.09. The van der Waals surface area contributed by atoms with Gasteiger partial charge in [0, 0.05) is 11.6 Å². The number of thiocarbonyl (C=S) groups is 1. The van der Waals surface area contributed by atoms with Crippen LogP contribution in [0.5, 0.6) is 17.2 Å². The Morgan fingerprint density at radius 1 is 1.19 bits per heavy atom. The number of benzene rings is 1. The van der Waals surface area contributed by atoms with Gasteiger partial charge in [-0.15, -0.1) is 0 Å². The monoisotopic (exact) mass is 379 g/mol. The molecule has 0 radical (unpaired) electrons. The first-order chi connectivity index (χ1) is 12.7. The van der Waals surface area contributed by atoms with Crippen LogP contribution in [0.2, 0.25) is 0 Å². The molecule has 0 spiro atoms. The van der Waals surface area contributed by atoms with Gasteiger partial charge in [0.2, 0.25) is 5.75 Å². The van der Waals surface area contributed by atoms with Crippen LogP contribution in [0.3, 0.4) is 0 Å². The van der Waals surface area contributed by atoms with Crippen LogP contribution < -0.4 is 25.0 Å². The van der Waals surface area contributed by atoms with Gasteiger partial charge in [-0.2, -0.15) is 5.10 Å². The van der Waals surface area contributed by atoms with Crippen molar-refractivity contribution < 1.29 is 14.2 Å². The summed E-state index contributed by atoms with van der Waals surface area (Å²) in [6.07, 6.45) is 8.76. The van der Waals surface area contributed by atoms with Gasteiger partial charge in [0.15, 0.2) is 16.6 Å². The number of methoxy groups -OCH3 is 2. The number of ether oxygens (including phenoxy) is 3. The van der Waals surface area contributed by atoms with Crippen LogP contribution in [-0.2, 0) is 0 Å². The molecule has 0 unspecified atom stereocenters. The Bertz CT molecular complexity index is 591. The largest absolute Gasteiger partial charge is 0.493 e. The number of hydrogen-bond donors (Lipinski definition) is 2. The van der Waals surface area contributed by atoms with E-state index < -0.39 is 0 Å². The molecule has 6 nitrogen and oxygen atoms in total. The summed E-state index contributed by atoms with van der Waals surface area (Å²) < 4.78 is 16.6. The molecule has 1 saturated carbocycles. The maximum Gasteiger partial charge on any atom is 0.203 e. The standard InChI is InChI=1S/C19H29N3O3S/c1-4-10-25-18-16(23-2)11-14(12-17(18)24-3)13-20-22-19(26)21-15-8-6-5-7-9-15/h11-13,15H,4-10H2,1-3H3,(H2,21,22,26)/b20-13-. The van der Waals surface area contributed by atoms with Crippen molar-refractivity contribution in [2.45, 2.75) is 51.5 Å². The van der Waals surface area contributed by atoms with Gasteiger partial charge < -0.3 is 19.5 Å². The zero-order valence-electron chi connectivity index (χ0n) is 15.8. The predicted octanol–water partition coefficient (Wildman–Crippen LogP) is 3.62. The van der Waals surface area contributed by atoms with Gasteiger partial charge in [0.25, 0.3) is 0 Å². The van der Waals surface area contributed by atoms with Gasteiger partial charge in [-0.05, 0) is 43.6 Å². The molecule has 7 heteroatoms. The lowest BCUT2D eigenvalue weighted by Gasteiger charge is -2.23. The minimum atomic E-state index is 0.453. The number of rotatable bonds is 8. The van der Waals surface area contributed by atoms with Crippen molar-refractivity contribution in [3.63, 3.8) is 0 Å². The number of nitrogens with one attached hydrogen (secondary N) is 2. The first-order valence-corrected chi connectivity index (χ1v) is 9.57. The van der Waals surface area contributed by atoms with Crippen molar-refractivity contribution in [3.05, 3.63) is 17.7 Å². The third-order valence-corrected chi connectivity index (χ3v) is 4.46. The molecule has 0 amide bonds. The van der Waals surface area contributed by atoms with E-state index in [0.717, 1.165) is 12.0 Å². The van der Waals surface area contributed by atoms with Crippen molar-refractivity contribution in [3.8, 4) is 17.2 Å². The first-order valence-electron chi connectivity index (χ1n) is 9.16. The van der Waals surface area contributed by atoms with Gasteiger partial charge in [-0.1, -0.05) is 26.2 Å². The van der Waals surface area contributed by atoms with Crippen LogP contribution in [0, 0.1) is 0 Å². The van der Waals surface area contributed by atoms with Gasteiger partial charge >= 0.3 is 0 Å². The van der Waals surface area contributed by atoms with Gasteiger partial charge in [0.05, 0.1) is 27.0 Å². The molecule has 0 saturated heterocycles. The number of nitrogens with zero attached hydrogens (tertiary/aromatic N) is 1. The second-order valence-electron chi connectivity index (χ2n) is 6.28. The Balaban J connectivity index is 1.98. The molecule has 0 aliphatic heterocycles. The van der Waals surface area contributed by atoms with Gasteiger partial charge in [-0.3, -0.25) is 5.43 Å². The molecule has 144 valence electrons. The van der Waals surface area contributed by atoms with E-state index in [1.807, 2.05) is 12.1 Å². The third kappa shape index (κ3) is 6.05. The van der Waals surface area contributed by atoms with E-state index in [4.69, 9.17) is 26.4 Å². The first kappa shape index (κ1) is 20.3. The second kappa shape index (κ2) is 10.9. The van der Waals surface area contributed by atoms with E-state index in [1.165, 1.54) is 32.1 Å². The molecule has 26 heavy (non-hydrogen) atoms. The highest BCUT2D eigenvalue weighted by molar-refractivity contribution is 7.80. The maximum atomic E-state index is 5.74. The predicted molar refractivity (Wildman–Crippen MR) is 109 cm³/mol. The normalized spacial score (nSPS) is 14.9. The molecule has 1 fully saturated rings. The van der Waals surface area contributed by atoms with E-state index in [9.17, 15) is 0 Å². The van der Waals surface area contributed by atoms with Crippen LogP contribution in [0.4, 0.5) is 0 Å². The summed E-state index contributed by atoms with van der Waals surface area (Å²) in [5.41, 5.74) is 3.71. The summed E-state index contributed by atoms with van der Waals surface area (Å²) in [7, 11) is 3.21. The maximum absolute atomic E-state index is 5.74. The lowest BCUT2D eigenvalue weighted by molar-refractivity contribution is 0.275. The average molecular weight is 380 g/mol. The van der Waals surface area contributed by atoms with E-state index >= 15 is 0 Å². The van der Waals surface area contributed by atoms with Crippen molar-refractivity contribution in [1.29, 1.82) is 0 Å². The van der Waals surface area contributed by atoms with Crippen LogP contribution in [-0.4, -0.2) is 38.2 Å². The molecule has 1 aliphatic rings. The zero-order chi connectivity index (χ0) is 18.8. The SMILES string of the molecule is CCCOc1c(OC)cc(/C=N\NC(=S)NC2CCCCC2)cc1OC. The fourth-order valence-corrected chi connectivity index (χ4v) is 3.17. The Morgan fingerprint density at radius 3 is 2.42 bits per heavy atom. The third-order valence-electron chi connectivity index (χ3n) is 4.25. The van der Waals surface area contributed by atoms with Crippen LogP contribution in [0.15, 0.2) is 17.2 Å². The van der Waals surface area contributed by atoms with E-state index in [0.29, 0.717) is 35.0 Å². The van der Waals surface area contributed by atoms with Crippen molar-refractivity contribution in [2.75, 3.05) is 20.8 Å². The zero-order valence-corrected chi connectivity index (χ0v) is 16.7. The summed E-state index contributed by atoms with van der Waals surface area (Å²) in [5.74, 6) is 1.83. The van der Waals surface area contributed by atoms with Crippen LogP contribution in [0.1, 0.15) is 51.0 Å². The quantitative estimate of drug-likeness (QED) is 0.409. The summed E-state index contributed by atoms with van der Waals surface area (Å²) in [6.45, 7) is 2.65. The molecular weight excluding hydrogens is 350 g/mol. The highest BCUT2D eigenvalue weighted by atomic mass is 32.1. The summed E-state index contributed by atoms with van der Waals surface area (Å²) >= 11 is 5.31. The van der Waals surface area contributed by atoms with Crippen LogP contribution >= 0.6 is 12.2 Å². The molecule has 1 aliphatic carbocycles. The van der Waals surface area contributed by atoms with E-state index in [1.54, 1.807) is 20.4 Å². The van der Waals surface area contributed by atoms with Gasteiger partial charge in [0.1, 0.15) is 0 Å². The number of hydrogen-bond acceptors (Lipinski definition) is 5. The smallest absolute Gasteiger partial charge is 0.203 e. The minimum Gasteiger partial charge on any atom is -0.493 e. The van der Waals surface area contributed by atoms with Crippen molar-refractivity contribution in [2.24, 2.45) is 5.10 Å². The minimum absolute atomic E-state index is 0.453. The molecule has 1 aromatic rings. The molecule has 2 N–H and O–H groups in total. The van der Waals surface area contributed by atoms with E-state index in [-0.39, 0.29) is 0 Å². The Hall–Kier alpha value is -2.02. The highest BCUT2D eigenvalue weighted by Gasteiger charge is 2.14. The molecule has 0 bridgehead atoms. The Kier molecular flexibility index (Phi) is 8.47. The highest BCUT2D eigenvalue weighted by Crippen LogP contribution is 2.38. The van der Waals surface area contributed by atoms with Crippen molar-refractivity contribution >= 4 is 23.5 Å². The molecule has 1 aromatic carbocycles.